The highest BCUT2D eigenvalue weighted by atomic mass is 16.5. The Morgan fingerprint density at radius 1 is 0.283 bits per heavy atom. The second-order valence-electron chi connectivity index (χ2n) is 42.4. The van der Waals surface area contributed by atoms with Crippen LogP contribution < -0.4 is 28.4 Å². The highest BCUT2D eigenvalue weighted by Crippen LogP contribution is 2.59. The first kappa shape index (κ1) is 87.0. The Hall–Kier alpha value is -10.9. The van der Waals surface area contributed by atoms with E-state index >= 15 is 28.8 Å². The van der Waals surface area contributed by atoms with Gasteiger partial charge in [-0.25, -0.2) is 9.59 Å². The van der Waals surface area contributed by atoms with Crippen molar-refractivity contribution in [3.63, 3.8) is 0 Å². The fourth-order valence-corrected chi connectivity index (χ4v) is 20.0. The summed E-state index contributed by atoms with van der Waals surface area (Å²) < 4.78 is 42.8. The zero-order chi connectivity index (χ0) is 87.7. The van der Waals surface area contributed by atoms with Crippen molar-refractivity contribution in [2.75, 3.05) is 0 Å². The molecule has 14 nitrogen and oxygen atoms in total. The molecule has 120 heavy (non-hydrogen) atoms. The van der Waals surface area contributed by atoms with Gasteiger partial charge < -0.3 is 28.4 Å². The number of aryl methyl sites for hydroxylation is 4. The molecular formula is C106H122N2O12. The van der Waals surface area contributed by atoms with E-state index in [0.29, 0.717) is 66.4 Å². The van der Waals surface area contributed by atoms with Crippen molar-refractivity contribution >= 4 is 78.7 Å². The molecule has 11 aromatic carbocycles. The van der Waals surface area contributed by atoms with E-state index in [1.807, 2.05) is 100 Å². The summed E-state index contributed by atoms with van der Waals surface area (Å²) >= 11 is 0. The van der Waals surface area contributed by atoms with Crippen LogP contribution in [0.5, 0.6) is 57.5 Å². The first-order valence-corrected chi connectivity index (χ1v) is 42.5. The average Bonchev–Trinajstić information content (AvgIpc) is 0.669. The zero-order valence-electron chi connectivity index (χ0n) is 75.9. The van der Waals surface area contributed by atoms with E-state index in [1.54, 1.807) is 64.1 Å². The maximum absolute atomic E-state index is 16.8. The minimum atomic E-state index is -1.48. The maximum atomic E-state index is 16.8. The number of imide groups is 2. The molecule has 0 fully saturated rings. The lowest BCUT2D eigenvalue weighted by Gasteiger charge is -2.36. The lowest BCUT2D eigenvalue weighted by atomic mass is 9.72. The van der Waals surface area contributed by atoms with Crippen LogP contribution in [-0.4, -0.2) is 57.5 Å². The number of nitrogens with zero attached hydrogens (tertiary/aromatic N) is 2. The van der Waals surface area contributed by atoms with Gasteiger partial charge in [0.2, 0.25) is 0 Å². The van der Waals surface area contributed by atoms with Crippen LogP contribution in [0, 0.1) is 61.2 Å². The van der Waals surface area contributed by atoms with E-state index in [9.17, 15) is 0 Å². The molecule has 2 unspecified atom stereocenters. The SMILES string of the molecule is Cc1ccc(OC(=O)C(C(C)C)N2C(=O)c3cc(Oc4ccc(C(C)(C)CC(C)(C)C)cc4)c4c5c(Oc6ccc(C(C)(C)CC(C)(C)C)cc6)cc6c7c(cc(Oc8ccc(C(C)(C)CC(C)(C)C)cc8)c(c8c(Oc9ccc(C(C)(C)CC(C)(C)C)cc9)cc(c3c48)C2=O)c75)C(=O)N(C(C(=O)Oc2ccc(C)cc2C)C(C)C)C6=O)c(C)c1. The molecule has 2 aliphatic rings. The minimum Gasteiger partial charge on any atom is -0.457 e. The lowest BCUT2D eigenvalue weighted by Crippen LogP contribution is -2.54. The zero-order valence-corrected chi connectivity index (χ0v) is 75.9. The van der Waals surface area contributed by atoms with Gasteiger partial charge in [-0.1, -0.05) is 250 Å². The summed E-state index contributed by atoms with van der Waals surface area (Å²) in [7, 11) is 0. The van der Waals surface area contributed by atoms with E-state index in [1.165, 1.54) is 0 Å². The Balaban J connectivity index is 1.20. The van der Waals surface area contributed by atoms with E-state index in [2.05, 4.69) is 187 Å². The van der Waals surface area contributed by atoms with E-state index in [4.69, 9.17) is 28.4 Å². The molecule has 11 aromatic rings. The predicted octanol–water partition coefficient (Wildman–Crippen LogP) is 27.4. The normalized spacial score (nSPS) is 14.5. The van der Waals surface area contributed by atoms with Gasteiger partial charge in [0.15, 0.2) is 0 Å². The van der Waals surface area contributed by atoms with Crippen LogP contribution in [-0.2, 0) is 31.2 Å². The van der Waals surface area contributed by atoms with Crippen molar-refractivity contribution in [3.8, 4) is 57.5 Å². The number of carbonyl (C=O) groups excluding carboxylic acids is 6. The Morgan fingerprint density at radius 2 is 0.500 bits per heavy atom. The molecule has 2 aliphatic heterocycles. The van der Waals surface area contributed by atoms with Crippen LogP contribution in [0.2, 0.25) is 0 Å². The van der Waals surface area contributed by atoms with Crippen LogP contribution in [0.3, 0.4) is 0 Å². The van der Waals surface area contributed by atoms with Crippen LogP contribution >= 0.6 is 0 Å². The molecule has 0 saturated heterocycles. The van der Waals surface area contributed by atoms with Gasteiger partial charge >= 0.3 is 11.9 Å². The number of carbonyl (C=O) groups is 6. The second kappa shape index (κ2) is 31.3. The van der Waals surface area contributed by atoms with Gasteiger partial charge in [0, 0.05) is 43.1 Å². The molecule has 13 rings (SSSR count). The van der Waals surface area contributed by atoms with Crippen LogP contribution in [0.25, 0.3) is 43.1 Å². The number of rotatable bonds is 24. The average molecular weight is 1620 g/mol. The van der Waals surface area contributed by atoms with Crippen molar-refractivity contribution in [1.29, 1.82) is 0 Å². The first-order chi connectivity index (χ1) is 55.7. The van der Waals surface area contributed by atoms with Crippen molar-refractivity contribution in [2.24, 2.45) is 33.5 Å². The quantitative estimate of drug-likeness (QED) is 0.0185. The smallest absolute Gasteiger partial charge is 0.335 e. The highest BCUT2D eigenvalue weighted by molar-refractivity contribution is 6.45. The molecule has 4 amide bonds. The summed E-state index contributed by atoms with van der Waals surface area (Å²) in [5, 5.41) is 2.22. The molecule has 0 aromatic heterocycles. The third-order valence-corrected chi connectivity index (χ3v) is 23.7. The van der Waals surface area contributed by atoms with Crippen molar-refractivity contribution in [1.82, 2.24) is 9.80 Å². The standard InChI is InChI=1S/C106H122N2O12/c1-59(2)91(97(113)119-77-47-29-61(5)49-63(77)7)107-93(109)73-51-79(115-69-39-31-65(32-40-69)103(21,22)55-99(9,10)11)85-87-81(117-71-43-35-67(36-44-71)105(25,26)57-101(15,16)17)53-75-84-76(96(112)108(95(75)111)92(60(3)4)98(114)120-78-48-30-62(6)50-64(78)8)54-82(118-72-45-37-68(38-46-72)106(27,28)58-102(18,19)20)88(90(84)87)86-80(52-74(94(107)110)83(73)89(85)86)116-70-41-33-66(34-42-70)104(23,24)56-100(12,13)14/h29-54,59-60,91-92H,55-58H2,1-28H3. The third-order valence-electron chi connectivity index (χ3n) is 23.7. The largest absolute Gasteiger partial charge is 0.457 e. The third kappa shape index (κ3) is 17.4. The minimum absolute atomic E-state index is 0.0128. The molecule has 14 heteroatoms. The van der Waals surface area contributed by atoms with Gasteiger partial charge in [0.25, 0.3) is 23.6 Å². The number of ether oxygens (including phenoxy) is 6. The second-order valence-corrected chi connectivity index (χ2v) is 42.4. The van der Waals surface area contributed by atoms with Gasteiger partial charge in [-0.05, 0) is 227 Å². The monoisotopic (exact) mass is 1610 g/mol. The molecule has 0 radical (unpaired) electrons. The first-order valence-electron chi connectivity index (χ1n) is 42.5. The van der Waals surface area contributed by atoms with Crippen LogP contribution in [0.4, 0.5) is 0 Å². The van der Waals surface area contributed by atoms with Gasteiger partial charge in [0.05, 0.1) is 22.3 Å². The van der Waals surface area contributed by atoms with E-state index < -0.39 is 59.5 Å². The fraction of sp³-hybridized carbons (Fsp3) is 0.415. The van der Waals surface area contributed by atoms with Gasteiger partial charge in [-0.3, -0.25) is 29.0 Å². The summed E-state index contributed by atoms with van der Waals surface area (Å²) in [4.78, 5) is 99.9. The molecule has 0 bridgehead atoms. The summed E-state index contributed by atoms with van der Waals surface area (Å²) in [5.74, 6) is -3.75. The number of esters is 2. The molecule has 0 aliphatic carbocycles. The Kier molecular flexibility index (Phi) is 22.7. The fourth-order valence-electron chi connectivity index (χ4n) is 20.0. The van der Waals surface area contributed by atoms with Crippen LogP contribution in [0.15, 0.2) is 158 Å². The van der Waals surface area contributed by atoms with E-state index in [0.717, 1.165) is 68.9 Å². The number of amides is 4. The van der Waals surface area contributed by atoms with Gasteiger partial charge in [0.1, 0.15) is 69.6 Å². The molecule has 2 heterocycles. The molecule has 628 valence electrons. The van der Waals surface area contributed by atoms with E-state index in [-0.39, 0.29) is 111 Å². The molecule has 0 spiro atoms. The molecule has 0 saturated carbocycles. The Morgan fingerprint density at radius 3 is 0.692 bits per heavy atom. The number of benzene rings is 11. The molecule has 0 N–H and O–H groups in total. The van der Waals surface area contributed by atoms with Crippen molar-refractivity contribution in [2.45, 2.75) is 253 Å². The maximum Gasteiger partial charge on any atom is 0.335 e. The summed E-state index contributed by atoms with van der Waals surface area (Å²) in [6.45, 7) is 59.2. The number of hydrogen-bond acceptors (Lipinski definition) is 12. The van der Waals surface area contributed by atoms with Gasteiger partial charge in [-0.2, -0.15) is 0 Å². The summed E-state index contributed by atoms with van der Waals surface area (Å²) in [6.07, 6.45) is 3.44. The Labute approximate surface area is 710 Å². The predicted molar refractivity (Wildman–Crippen MR) is 483 cm³/mol. The molecule has 2 atom stereocenters. The van der Waals surface area contributed by atoms with Crippen molar-refractivity contribution < 1.29 is 57.2 Å². The number of hydrogen-bond donors (Lipinski definition) is 0. The van der Waals surface area contributed by atoms with Gasteiger partial charge in [-0.15, -0.1) is 0 Å². The van der Waals surface area contributed by atoms with Crippen LogP contribution in [0.1, 0.15) is 278 Å². The van der Waals surface area contributed by atoms with Crippen molar-refractivity contribution in [3.05, 3.63) is 224 Å². The number of fused-ring (bicyclic) bond motifs is 2. The molecular weight excluding hydrogens is 1490 g/mol. The topological polar surface area (TPSA) is 164 Å². The lowest BCUT2D eigenvalue weighted by molar-refractivity contribution is -0.141. The summed E-state index contributed by atoms with van der Waals surface area (Å²) in [6, 6.07) is 46.2. The Bertz CT molecular complexity index is 5250. The summed E-state index contributed by atoms with van der Waals surface area (Å²) in [5.41, 5.74) is 6.34. The highest BCUT2D eigenvalue weighted by Gasteiger charge is 2.49.